The lowest BCUT2D eigenvalue weighted by Crippen LogP contribution is -1.63. The third kappa shape index (κ3) is 2.75. The molecule has 0 bridgehead atoms. The number of aliphatic hydroxyl groups is 1. The molecule has 1 aromatic heterocycles. The SMILES string of the molecule is CCO.Sc1nc2ccccc2[nH]1. The van der Waals surface area contributed by atoms with Gasteiger partial charge in [0.05, 0.1) is 11.0 Å². The van der Waals surface area contributed by atoms with Crippen molar-refractivity contribution < 1.29 is 5.11 Å². The highest BCUT2D eigenvalue weighted by Gasteiger charge is 1.94. The van der Waals surface area contributed by atoms with Gasteiger partial charge in [0.2, 0.25) is 0 Å². The molecule has 70 valence electrons. The highest BCUT2D eigenvalue weighted by molar-refractivity contribution is 7.80. The summed E-state index contributed by atoms with van der Waals surface area (Å²) in [6.45, 7) is 1.93. The maximum atomic E-state index is 7.57. The van der Waals surface area contributed by atoms with Crippen molar-refractivity contribution in [1.29, 1.82) is 0 Å². The quantitative estimate of drug-likeness (QED) is 0.563. The third-order valence-electron chi connectivity index (χ3n) is 1.38. The molecule has 4 heteroatoms. The van der Waals surface area contributed by atoms with E-state index in [9.17, 15) is 0 Å². The average Bonchev–Trinajstić information content (AvgIpc) is 2.45. The molecule has 2 N–H and O–H groups in total. The summed E-state index contributed by atoms with van der Waals surface area (Å²) < 4.78 is 0. The first-order valence-corrected chi connectivity index (χ1v) is 4.47. The highest BCUT2D eigenvalue weighted by Crippen LogP contribution is 2.11. The van der Waals surface area contributed by atoms with Crippen molar-refractivity contribution in [3.63, 3.8) is 0 Å². The van der Waals surface area contributed by atoms with Gasteiger partial charge in [0.25, 0.3) is 0 Å². The molecule has 0 aliphatic rings. The van der Waals surface area contributed by atoms with Crippen molar-refractivity contribution in [2.75, 3.05) is 6.61 Å². The number of aromatic nitrogens is 2. The van der Waals surface area contributed by atoms with Crippen LogP contribution in [0, 0.1) is 0 Å². The average molecular weight is 196 g/mol. The van der Waals surface area contributed by atoms with Gasteiger partial charge in [0, 0.05) is 6.61 Å². The summed E-state index contributed by atoms with van der Waals surface area (Å²) in [6.07, 6.45) is 0. The number of aliphatic hydroxyl groups excluding tert-OH is 1. The number of nitrogens with one attached hydrogen (secondary N) is 1. The Kier molecular flexibility index (Phi) is 3.79. The molecule has 0 aliphatic heterocycles. The van der Waals surface area contributed by atoms with E-state index in [0.29, 0.717) is 5.16 Å². The van der Waals surface area contributed by atoms with Gasteiger partial charge in [-0.1, -0.05) is 12.1 Å². The minimum absolute atomic E-state index is 0.250. The molecule has 2 rings (SSSR count). The van der Waals surface area contributed by atoms with E-state index in [1.54, 1.807) is 6.92 Å². The van der Waals surface area contributed by atoms with E-state index in [1.165, 1.54) is 0 Å². The summed E-state index contributed by atoms with van der Waals surface area (Å²) >= 11 is 4.08. The second kappa shape index (κ2) is 4.89. The van der Waals surface area contributed by atoms with Crippen LogP contribution in [0.25, 0.3) is 11.0 Å². The molecule has 13 heavy (non-hydrogen) atoms. The molecule has 1 heterocycles. The zero-order chi connectivity index (χ0) is 9.68. The minimum Gasteiger partial charge on any atom is -0.397 e. The van der Waals surface area contributed by atoms with Crippen LogP contribution in [0.1, 0.15) is 6.92 Å². The molecule has 0 saturated heterocycles. The van der Waals surface area contributed by atoms with E-state index in [1.807, 2.05) is 24.3 Å². The van der Waals surface area contributed by atoms with Crippen LogP contribution in [0.5, 0.6) is 0 Å². The highest BCUT2D eigenvalue weighted by atomic mass is 32.1. The summed E-state index contributed by atoms with van der Waals surface area (Å²) in [5, 5.41) is 8.24. The maximum Gasteiger partial charge on any atom is 0.163 e. The van der Waals surface area contributed by atoms with Gasteiger partial charge in [-0.05, 0) is 19.1 Å². The van der Waals surface area contributed by atoms with Crippen molar-refractivity contribution in [2.45, 2.75) is 12.1 Å². The van der Waals surface area contributed by atoms with Gasteiger partial charge in [0.1, 0.15) is 0 Å². The smallest absolute Gasteiger partial charge is 0.163 e. The van der Waals surface area contributed by atoms with Crippen LogP contribution >= 0.6 is 12.6 Å². The summed E-state index contributed by atoms with van der Waals surface area (Å²) in [5.74, 6) is 0. The van der Waals surface area contributed by atoms with Crippen molar-refractivity contribution in [3.8, 4) is 0 Å². The Labute approximate surface area is 82.2 Å². The number of rotatable bonds is 0. The Morgan fingerprint density at radius 1 is 1.46 bits per heavy atom. The fourth-order valence-corrected chi connectivity index (χ4v) is 1.17. The predicted octanol–water partition coefficient (Wildman–Crippen LogP) is 1.85. The van der Waals surface area contributed by atoms with Gasteiger partial charge in [-0.25, -0.2) is 4.98 Å². The third-order valence-corrected chi connectivity index (χ3v) is 1.59. The van der Waals surface area contributed by atoms with Gasteiger partial charge in [-0.2, -0.15) is 0 Å². The molecule has 0 fully saturated rings. The first-order valence-electron chi connectivity index (χ1n) is 4.02. The number of thiol groups is 1. The number of hydrogen-bond acceptors (Lipinski definition) is 3. The number of fused-ring (bicyclic) bond motifs is 1. The molecule has 0 radical (unpaired) electrons. The molecular formula is C9H12N2OS. The molecule has 0 saturated carbocycles. The number of H-pyrrole nitrogens is 1. The van der Waals surface area contributed by atoms with Crippen LogP contribution in [0.15, 0.2) is 29.4 Å². The molecule has 0 amide bonds. The second-order valence-corrected chi connectivity index (χ2v) is 2.82. The van der Waals surface area contributed by atoms with Crippen LogP contribution in [0.2, 0.25) is 0 Å². The van der Waals surface area contributed by atoms with Crippen LogP contribution < -0.4 is 0 Å². The van der Waals surface area contributed by atoms with E-state index in [4.69, 9.17) is 5.11 Å². The number of para-hydroxylation sites is 2. The number of aromatic amines is 1. The lowest BCUT2D eigenvalue weighted by atomic mass is 10.3. The van der Waals surface area contributed by atoms with Gasteiger partial charge in [-0.15, -0.1) is 12.6 Å². The standard InChI is InChI=1S/C7H6N2S.C2H6O/c10-7-8-5-3-1-2-4-6(5)9-7;1-2-3/h1-4H,(H2,8,9,10);3H,2H2,1H3. The number of imidazole rings is 1. The summed E-state index contributed by atoms with van der Waals surface area (Å²) in [7, 11) is 0. The Hall–Kier alpha value is -1.00. The zero-order valence-corrected chi connectivity index (χ0v) is 8.25. The first-order chi connectivity index (χ1) is 6.27. The zero-order valence-electron chi connectivity index (χ0n) is 7.36. The van der Waals surface area contributed by atoms with Gasteiger partial charge < -0.3 is 10.1 Å². The normalized spacial score (nSPS) is 9.46. The van der Waals surface area contributed by atoms with Crippen LogP contribution in [0.3, 0.4) is 0 Å². The second-order valence-electron chi connectivity index (χ2n) is 2.39. The fraction of sp³-hybridized carbons (Fsp3) is 0.222. The van der Waals surface area contributed by atoms with E-state index in [2.05, 4.69) is 22.6 Å². The molecule has 1 aromatic carbocycles. The molecule has 0 atom stereocenters. The van der Waals surface area contributed by atoms with Gasteiger partial charge in [0.15, 0.2) is 5.16 Å². The van der Waals surface area contributed by atoms with Crippen molar-refractivity contribution in [3.05, 3.63) is 24.3 Å². The lowest BCUT2D eigenvalue weighted by Gasteiger charge is -1.81. The molecule has 0 spiro atoms. The maximum absolute atomic E-state index is 7.57. The Balaban J connectivity index is 0.000000251. The van der Waals surface area contributed by atoms with Gasteiger partial charge >= 0.3 is 0 Å². The summed E-state index contributed by atoms with van der Waals surface area (Å²) in [6, 6.07) is 7.84. The lowest BCUT2D eigenvalue weighted by molar-refractivity contribution is 0.318. The largest absolute Gasteiger partial charge is 0.397 e. The fourth-order valence-electron chi connectivity index (χ4n) is 0.939. The Morgan fingerprint density at radius 3 is 2.69 bits per heavy atom. The van der Waals surface area contributed by atoms with Gasteiger partial charge in [-0.3, -0.25) is 0 Å². The number of hydrogen-bond donors (Lipinski definition) is 3. The van der Waals surface area contributed by atoms with Crippen molar-refractivity contribution >= 4 is 23.7 Å². The van der Waals surface area contributed by atoms with Crippen LogP contribution in [-0.4, -0.2) is 21.7 Å². The summed E-state index contributed by atoms with van der Waals surface area (Å²) in [4.78, 5) is 7.13. The van der Waals surface area contributed by atoms with Crippen LogP contribution in [-0.2, 0) is 0 Å². The van der Waals surface area contributed by atoms with Crippen molar-refractivity contribution in [2.24, 2.45) is 0 Å². The monoisotopic (exact) mass is 196 g/mol. The van der Waals surface area contributed by atoms with E-state index < -0.39 is 0 Å². The minimum atomic E-state index is 0.250. The summed E-state index contributed by atoms with van der Waals surface area (Å²) in [5.41, 5.74) is 2.00. The molecule has 3 nitrogen and oxygen atoms in total. The van der Waals surface area contributed by atoms with E-state index in [0.717, 1.165) is 11.0 Å². The Bertz CT molecular complexity index is 339. The van der Waals surface area contributed by atoms with Crippen molar-refractivity contribution in [1.82, 2.24) is 9.97 Å². The molecule has 0 aliphatic carbocycles. The number of nitrogens with zero attached hydrogens (tertiary/aromatic N) is 1. The predicted molar refractivity (Wildman–Crippen MR) is 56.1 cm³/mol. The first kappa shape index (κ1) is 10.1. The molecule has 2 aromatic rings. The molecule has 0 unspecified atom stereocenters. The number of benzene rings is 1. The Morgan fingerprint density at radius 2 is 2.08 bits per heavy atom. The topological polar surface area (TPSA) is 48.9 Å². The van der Waals surface area contributed by atoms with E-state index in [-0.39, 0.29) is 6.61 Å². The van der Waals surface area contributed by atoms with Crippen LogP contribution in [0.4, 0.5) is 0 Å². The molecular weight excluding hydrogens is 184 g/mol. The van der Waals surface area contributed by atoms with E-state index >= 15 is 0 Å².